The zero-order valence-corrected chi connectivity index (χ0v) is 11.8. The van der Waals surface area contributed by atoms with Crippen LogP contribution in [0.4, 0.5) is 15.8 Å². The number of hydrogen-bond acceptors (Lipinski definition) is 4. The summed E-state index contributed by atoms with van der Waals surface area (Å²) in [5.41, 5.74) is 1.49. The molecule has 0 aliphatic heterocycles. The second-order valence-corrected chi connectivity index (χ2v) is 4.25. The quantitative estimate of drug-likeness (QED) is 0.888. The lowest BCUT2D eigenvalue weighted by Gasteiger charge is -2.12. The third-order valence-corrected chi connectivity index (χ3v) is 2.84. The smallest absolute Gasteiger partial charge is 0.259 e. The van der Waals surface area contributed by atoms with Crippen LogP contribution in [0, 0.1) is 5.82 Å². The summed E-state index contributed by atoms with van der Waals surface area (Å²) in [5.74, 6) is -0.513. The van der Waals surface area contributed by atoms with E-state index in [2.05, 4.69) is 15.6 Å². The van der Waals surface area contributed by atoms with Crippen LogP contribution < -0.4 is 15.4 Å². The van der Waals surface area contributed by atoms with Crippen LogP contribution in [-0.2, 0) is 0 Å². The summed E-state index contributed by atoms with van der Waals surface area (Å²) >= 11 is 0. The third-order valence-electron chi connectivity index (χ3n) is 2.84. The summed E-state index contributed by atoms with van der Waals surface area (Å²) in [7, 11) is 1.42. The summed E-state index contributed by atoms with van der Waals surface area (Å²) in [6.07, 6.45) is 3.08. The average molecular weight is 289 g/mol. The summed E-state index contributed by atoms with van der Waals surface area (Å²) in [5, 5.41) is 5.78. The zero-order chi connectivity index (χ0) is 15.2. The van der Waals surface area contributed by atoms with E-state index in [0.717, 1.165) is 0 Å². The molecule has 2 N–H and O–H groups in total. The molecule has 0 bridgehead atoms. The van der Waals surface area contributed by atoms with E-state index in [1.165, 1.54) is 31.5 Å². The van der Waals surface area contributed by atoms with Gasteiger partial charge in [0, 0.05) is 25.0 Å². The predicted molar refractivity (Wildman–Crippen MR) is 79.3 cm³/mol. The van der Waals surface area contributed by atoms with Gasteiger partial charge in [-0.25, -0.2) is 4.39 Å². The van der Waals surface area contributed by atoms with E-state index in [1.54, 1.807) is 12.3 Å². The molecular formula is C15H16FN3O2. The monoisotopic (exact) mass is 289 g/mol. The number of benzene rings is 1. The highest BCUT2D eigenvalue weighted by Gasteiger charge is 2.14. The fraction of sp³-hybridized carbons (Fsp3) is 0.200. The van der Waals surface area contributed by atoms with Gasteiger partial charge >= 0.3 is 0 Å². The van der Waals surface area contributed by atoms with Crippen LogP contribution in [0.1, 0.15) is 17.3 Å². The SMILES string of the molecule is CCNc1ccncc1C(=O)Nc1ccc(F)cc1OC. The summed E-state index contributed by atoms with van der Waals surface area (Å²) in [6.45, 7) is 2.62. The number of aromatic nitrogens is 1. The number of hydrogen-bond donors (Lipinski definition) is 2. The lowest BCUT2D eigenvalue weighted by Crippen LogP contribution is -2.15. The molecule has 0 saturated heterocycles. The first-order valence-corrected chi connectivity index (χ1v) is 6.48. The highest BCUT2D eigenvalue weighted by atomic mass is 19.1. The van der Waals surface area contributed by atoms with Gasteiger partial charge in [0.1, 0.15) is 11.6 Å². The Morgan fingerprint density at radius 1 is 1.33 bits per heavy atom. The Labute approximate surface area is 122 Å². The maximum atomic E-state index is 13.1. The molecule has 0 aliphatic carbocycles. The largest absolute Gasteiger partial charge is 0.494 e. The van der Waals surface area contributed by atoms with E-state index in [-0.39, 0.29) is 11.7 Å². The van der Waals surface area contributed by atoms with Crippen molar-refractivity contribution in [2.75, 3.05) is 24.3 Å². The number of anilines is 2. The molecule has 2 aromatic rings. The Kier molecular flexibility index (Phi) is 4.71. The minimum atomic E-state index is -0.431. The fourth-order valence-corrected chi connectivity index (χ4v) is 1.88. The molecule has 2 rings (SSSR count). The molecule has 0 aliphatic rings. The topological polar surface area (TPSA) is 63.2 Å². The lowest BCUT2D eigenvalue weighted by molar-refractivity contribution is 0.102. The van der Waals surface area contributed by atoms with Crippen molar-refractivity contribution in [2.24, 2.45) is 0 Å². The van der Waals surface area contributed by atoms with Crippen molar-refractivity contribution in [3.8, 4) is 5.75 Å². The summed E-state index contributed by atoms with van der Waals surface area (Å²) < 4.78 is 18.2. The summed E-state index contributed by atoms with van der Waals surface area (Å²) in [6, 6.07) is 5.65. The second-order valence-electron chi connectivity index (χ2n) is 4.25. The Morgan fingerprint density at radius 3 is 2.86 bits per heavy atom. The van der Waals surface area contributed by atoms with Crippen LogP contribution in [0.3, 0.4) is 0 Å². The zero-order valence-electron chi connectivity index (χ0n) is 11.8. The van der Waals surface area contributed by atoms with Crippen molar-refractivity contribution in [3.05, 3.63) is 48.0 Å². The highest BCUT2D eigenvalue weighted by Crippen LogP contribution is 2.26. The van der Waals surface area contributed by atoms with E-state index < -0.39 is 5.82 Å². The average Bonchev–Trinajstić information content (AvgIpc) is 2.49. The molecular weight excluding hydrogens is 273 g/mol. The Balaban J connectivity index is 2.26. The van der Waals surface area contributed by atoms with Gasteiger partial charge in [-0.15, -0.1) is 0 Å². The van der Waals surface area contributed by atoms with Crippen molar-refractivity contribution < 1.29 is 13.9 Å². The molecule has 1 amide bonds. The molecule has 0 saturated carbocycles. The van der Waals surface area contributed by atoms with E-state index in [1.807, 2.05) is 6.92 Å². The van der Waals surface area contributed by atoms with Gasteiger partial charge in [0.05, 0.1) is 24.0 Å². The van der Waals surface area contributed by atoms with Crippen LogP contribution in [-0.4, -0.2) is 24.5 Å². The number of nitrogens with zero attached hydrogens (tertiary/aromatic N) is 1. The maximum Gasteiger partial charge on any atom is 0.259 e. The first-order valence-electron chi connectivity index (χ1n) is 6.48. The van der Waals surface area contributed by atoms with Crippen LogP contribution in [0.25, 0.3) is 0 Å². The normalized spacial score (nSPS) is 10.0. The first kappa shape index (κ1) is 14.8. The van der Waals surface area contributed by atoms with E-state index in [0.29, 0.717) is 23.5 Å². The van der Waals surface area contributed by atoms with Crippen molar-refractivity contribution in [1.82, 2.24) is 4.98 Å². The van der Waals surface area contributed by atoms with Gasteiger partial charge in [0.2, 0.25) is 0 Å². The summed E-state index contributed by atoms with van der Waals surface area (Å²) in [4.78, 5) is 16.3. The highest BCUT2D eigenvalue weighted by molar-refractivity contribution is 6.08. The van der Waals surface area contributed by atoms with Gasteiger partial charge in [-0.3, -0.25) is 9.78 Å². The van der Waals surface area contributed by atoms with Crippen molar-refractivity contribution in [1.29, 1.82) is 0 Å². The molecule has 0 atom stereocenters. The van der Waals surface area contributed by atoms with Gasteiger partial charge in [-0.2, -0.15) is 0 Å². The number of rotatable bonds is 5. The standard InChI is InChI=1S/C15H16FN3O2/c1-3-18-12-6-7-17-9-11(12)15(20)19-13-5-4-10(16)8-14(13)21-2/h4-9H,3H2,1-2H3,(H,17,18)(H,19,20). The molecule has 1 heterocycles. The third kappa shape index (κ3) is 3.47. The minimum Gasteiger partial charge on any atom is -0.494 e. The lowest BCUT2D eigenvalue weighted by atomic mass is 10.2. The number of pyridine rings is 1. The molecule has 0 spiro atoms. The molecule has 1 aromatic heterocycles. The number of ether oxygens (including phenoxy) is 1. The number of amides is 1. The van der Waals surface area contributed by atoms with E-state index >= 15 is 0 Å². The molecule has 0 radical (unpaired) electrons. The second kappa shape index (κ2) is 6.69. The van der Waals surface area contributed by atoms with Crippen molar-refractivity contribution in [3.63, 3.8) is 0 Å². The molecule has 21 heavy (non-hydrogen) atoms. The van der Waals surface area contributed by atoms with Crippen LogP contribution >= 0.6 is 0 Å². The van der Waals surface area contributed by atoms with Crippen molar-refractivity contribution >= 4 is 17.3 Å². The number of nitrogens with one attached hydrogen (secondary N) is 2. The van der Waals surface area contributed by atoms with Crippen LogP contribution in [0.15, 0.2) is 36.7 Å². The van der Waals surface area contributed by atoms with Crippen LogP contribution in [0.2, 0.25) is 0 Å². The van der Waals surface area contributed by atoms with Crippen molar-refractivity contribution in [2.45, 2.75) is 6.92 Å². The van der Waals surface area contributed by atoms with Gasteiger partial charge in [-0.1, -0.05) is 0 Å². The molecule has 1 aromatic carbocycles. The van der Waals surface area contributed by atoms with Gasteiger partial charge < -0.3 is 15.4 Å². The molecule has 0 unspecified atom stereocenters. The first-order chi connectivity index (χ1) is 10.2. The Morgan fingerprint density at radius 2 is 2.14 bits per heavy atom. The maximum absolute atomic E-state index is 13.1. The van der Waals surface area contributed by atoms with Gasteiger partial charge in [0.15, 0.2) is 0 Å². The van der Waals surface area contributed by atoms with E-state index in [4.69, 9.17) is 4.74 Å². The Bertz CT molecular complexity index is 647. The molecule has 5 nitrogen and oxygen atoms in total. The predicted octanol–water partition coefficient (Wildman–Crippen LogP) is 2.91. The molecule has 0 fully saturated rings. The number of halogens is 1. The minimum absolute atomic E-state index is 0.261. The number of carbonyl (C=O) groups excluding carboxylic acids is 1. The molecule has 6 heteroatoms. The number of methoxy groups -OCH3 is 1. The van der Waals surface area contributed by atoms with E-state index in [9.17, 15) is 9.18 Å². The van der Waals surface area contributed by atoms with Gasteiger partial charge in [0.25, 0.3) is 5.91 Å². The fourth-order valence-electron chi connectivity index (χ4n) is 1.88. The Hall–Kier alpha value is -2.63. The van der Waals surface area contributed by atoms with Gasteiger partial charge in [-0.05, 0) is 25.1 Å². The number of carbonyl (C=O) groups is 1. The molecule has 110 valence electrons. The van der Waals surface area contributed by atoms with Crippen LogP contribution in [0.5, 0.6) is 5.75 Å².